The molecule has 2 unspecified atom stereocenters. The maximum atomic E-state index is 13.7. The van der Waals surface area contributed by atoms with Crippen LogP contribution in [0.15, 0.2) is 24.3 Å². The minimum atomic E-state index is -5.28. The number of allylic oxidation sites excluding steroid dienone is 4. The molecule has 0 saturated carbocycles. The highest BCUT2D eigenvalue weighted by Crippen LogP contribution is 2.63. The fourth-order valence-corrected chi connectivity index (χ4v) is 3.83. The summed E-state index contributed by atoms with van der Waals surface area (Å²) in [7, 11) is 0. The van der Waals surface area contributed by atoms with Crippen molar-refractivity contribution in [3.63, 3.8) is 0 Å². The Kier molecular flexibility index (Phi) is 4.45. The maximum absolute atomic E-state index is 13.7. The Morgan fingerprint density at radius 2 is 1.00 bits per heavy atom. The summed E-state index contributed by atoms with van der Waals surface area (Å²) in [6.45, 7) is 0. The van der Waals surface area contributed by atoms with Gasteiger partial charge >= 0.3 is 12.4 Å². The second-order valence-corrected chi connectivity index (χ2v) is 5.83. The van der Waals surface area contributed by atoms with Crippen molar-refractivity contribution in [2.24, 2.45) is 17.3 Å². The standard InChI is InChI=1S/C15H18F6/c16-14(17,18)13(15(19,20)21,11-7-3-1-4-8-11)12-9-5-2-6-10-12/h1-3,5,11-12H,4,6-10H2. The van der Waals surface area contributed by atoms with Crippen molar-refractivity contribution in [1.29, 1.82) is 0 Å². The molecule has 0 fully saturated rings. The predicted molar refractivity (Wildman–Crippen MR) is 67.5 cm³/mol. The van der Waals surface area contributed by atoms with Gasteiger partial charge in [-0.2, -0.15) is 26.3 Å². The Morgan fingerprint density at radius 3 is 1.24 bits per heavy atom. The van der Waals surface area contributed by atoms with Gasteiger partial charge in [0.1, 0.15) is 0 Å². The Morgan fingerprint density at radius 1 is 0.619 bits per heavy atom. The summed E-state index contributed by atoms with van der Waals surface area (Å²) in [5.74, 6) is -2.84. The van der Waals surface area contributed by atoms with E-state index in [1.165, 1.54) is 12.2 Å². The van der Waals surface area contributed by atoms with E-state index in [0.717, 1.165) is 0 Å². The quantitative estimate of drug-likeness (QED) is 0.446. The molecule has 0 amide bonds. The van der Waals surface area contributed by atoms with Crippen molar-refractivity contribution in [2.45, 2.75) is 50.9 Å². The molecule has 120 valence electrons. The molecule has 0 aliphatic heterocycles. The monoisotopic (exact) mass is 312 g/mol. The third kappa shape index (κ3) is 2.73. The third-order valence-electron chi connectivity index (χ3n) is 4.76. The molecule has 0 N–H and O–H groups in total. The number of rotatable bonds is 2. The van der Waals surface area contributed by atoms with Crippen LogP contribution in [0.25, 0.3) is 0 Å². The number of halogens is 6. The highest BCUT2D eigenvalue weighted by Gasteiger charge is 2.75. The van der Waals surface area contributed by atoms with Crippen LogP contribution < -0.4 is 0 Å². The van der Waals surface area contributed by atoms with Crippen LogP contribution in [0.1, 0.15) is 38.5 Å². The van der Waals surface area contributed by atoms with Crippen molar-refractivity contribution in [2.75, 3.05) is 0 Å². The molecule has 0 saturated heterocycles. The smallest absolute Gasteiger partial charge is 0.170 e. The van der Waals surface area contributed by atoms with Crippen LogP contribution in [-0.2, 0) is 0 Å². The fraction of sp³-hybridized carbons (Fsp3) is 0.733. The Bertz CT molecular complexity index is 375. The van der Waals surface area contributed by atoms with Crippen LogP contribution >= 0.6 is 0 Å². The predicted octanol–water partition coefficient (Wildman–Crippen LogP) is 5.81. The van der Waals surface area contributed by atoms with E-state index in [1.807, 2.05) is 0 Å². The Labute approximate surface area is 119 Å². The SMILES string of the molecule is FC(F)(F)C(C1CC=CCC1)(C1CC=CCC1)C(F)(F)F. The van der Waals surface area contributed by atoms with Crippen LogP contribution in [0.4, 0.5) is 26.3 Å². The van der Waals surface area contributed by atoms with E-state index in [0.29, 0.717) is 0 Å². The van der Waals surface area contributed by atoms with Gasteiger partial charge in [-0.3, -0.25) is 0 Å². The van der Waals surface area contributed by atoms with Crippen LogP contribution in [0.5, 0.6) is 0 Å². The first-order valence-corrected chi connectivity index (χ1v) is 7.14. The van der Waals surface area contributed by atoms with Crippen LogP contribution in [0, 0.1) is 17.3 Å². The summed E-state index contributed by atoms with van der Waals surface area (Å²) in [6.07, 6.45) is -4.19. The van der Waals surface area contributed by atoms with E-state index in [-0.39, 0.29) is 38.5 Å². The molecule has 0 spiro atoms. The largest absolute Gasteiger partial charge is 0.403 e. The van der Waals surface area contributed by atoms with E-state index in [4.69, 9.17) is 0 Å². The molecular formula is C15H18F6. The molecule has 2 atom stereocenters. The molecule has 2 aliphatic carbocycles. The van der Waals surface area contributed by atoms with Gasteiger partial charge in [0.2, 0.25) is 0 Å². The third-order valence-corrected chi connectivity index (χ3v) is 4.76. The number of alkyl halides is 6. The van der Waals surface area contributed by atoms with Gasteiger partial charge in [0.05, 0.1) is 0 Å². The average molecular weight is 312 g/mol. The van der Waals surface area contributed by atoms with Crippen LogP contribution in [0.3, 0.4) is 0 Å². The van der Waals surface area contributed by atoms with Crippen molar-refractivity contribution in [3.05, 3.63) is 24.3 Å². The second-order valence-electron chi connectivity index (χ2n) is 5.83. The van der Waals surface area contributed by atoms with E-state index < -0.39 is 29.6 Å². The van der Waals surface area contributed by atoms with Gasteiger partial charge in [0, 0.05) is 0 Å². The zero-order chi connectivity index (χ0) is 15.7. The van der Waals surface area contributed by atoms with Gasteiger partial charge in [-0.25, -0.2) is 0 Å². The Hall–Kier alpha value is -0.940. The minimum absolute atomic E-state index is 0.0598. The molecular weight excluding hydrogens is 294 g/mol. The lowest BCUT2D eigenvalue weighted by Gasteiger charge is -2.49. The summed E-state index contributed by atoms with van der Waals surface area (Å²) >= 11 is 0. The normalized spacial score (nSPS) is 27.9. The highest BCUT2D eigenvalue weighted by atomic mass is 19.4. The molecule has 0 heterocycles. The molecule has 2 rings (SSSR count). The first-order chi connectivity index (χ1) is 9.71. The van der Waals surface area contributed by atoms with Gasteiger partial charge in [-0.05, 0) is 50.4 Å². The van der Waals surface area contributed by atoms with E-state index in [9.17, 15) is 26.3 Å². The van der Waals surface area contributed by atoms with Gasteiger partial charge in [-0.15, -0.1) is 0 Å². The van der Waals surface area contributed by atoms with Gasteiger partial charge < -0.3 is 0 Å². The van der Waals surface area contributed by atoms with Crippen LogP contribution in [-0.4, -0.2) is 12.4 Å². The minimum Gasteiger partial charge on any atom is -0.170 e. The van der Waals surface area contributed by atoms with E-state index in [1.54, 1.807) is 12.2 Å². The second kappa shape index (κ2) is 5.69. The van der Waals surface area contributed by atoms with E-state index in [2.05, 4.69) is 0 Å². The molecule has 0 nitrogen and oxygen atoms in total. The molecule has 0 aromatic carbocycles. The van der Waals surface area contributed by atoms with Gasteiger partial charge in [0.15, 0.2) is 5.41 Å². The molecule has 21 heavy (non-hydrogen) atoms. The molecule has 0 aromatic rings. The van der Waals surface area contributed by atoms with Crippen molar-refractivity contribution in [1.82, 2.24) is 0 Å². The average Bonchev–Trinajstić information content (AvgIpc) is 2.38. The Balaban J connectivity index is 2.53. The molecule has 0 radical (unpaired) electrons. The molecule has 0 aromatic heterocycles. The molecule has 2 aliphatic rings. The summed E-state index contributed by atoms with van der Waals surface area (Å²) in [5, 5.41) is 0. The first kappa shape index (κ1) is 16.4. The fourth-order valence-electron chi connectivity index (χ4n) is 3.83. The van der Waals surface area contributed by atoms with Gasteiger partial charge in [-0.1, -0.05) is 24.3 Å². The van der Waals surface area contributed by atoms with Gasteiger partial charge in [0.25, 0.3) is 0 Å². The van der Waals surface area contributed by atoms with Crippen LogP contribution in [0.2, 0.25) is 0 Å². The number of hydrogen-bond acceptors (Lipinski definition) is 0. The topological polar surface area (TPSA) is 0 Å². The highest BCUT2D eigenvalue weighted by molar-refractivity contribution is 5.09. The summed E-state index contributed by atoms with van der Waals surface area (Å²) in [6, 6.07) is 0. The summed E-state index contributed by atoms with van der Waals surface area (Å²) < 4.78 is 82.0. The zero-order valence-corrected chi connectivity index (χ0v) is 11.5. The molecule has 0 bridgehead atoms. The lowest BCUT2D eigenvalue weighted by molar-refractivity contribution is -0.378. The maximum Gasteiger partial charge on any atom is 0.403 e. The van der Waals surface area contributed by atoms with Crippen molar-refractivity contribution >= 4 is 0 Å². The summed E-state index contributed by atoms with van der Waals surface area (Å²) in [5.41, 5.74) is -3.59. The lowest BCUT2D eigenvalue weighted by Crippen LogP contribution is -2.59. The van der Waals surface area contributed by atoms with Crippen molar-refractivity contribution < 1.29 is 26.3 Å². The van der Waals surface area contributed by atoms with Crippen molar-refractivity contribution in [3.8, 4) is 0 Å². The zero-order valence-electron chi connectivity index (χ0n) is 11.5. The molecule has 6 heteroatoms. The lowest BCUT2D eigenvalue weighted by atomic mass is 9.59. The first-order valence-electron chi connectivity index (χ1n) is 7.14. The summed E-state index contributed by atoms with van der Waals surface area (Å²) in [4.78, 5) is 0. The van der Waals surface area contributed by atoms with E-state index >= 15 is 0 Å². The number of hydrogen-bond donors (Lipinski definition) is 0.